The summed E-state index contributed by atoms with van der Waals surface area (Å²) in [5.41, 5.74) is 1.19. The van der Waals surface area contributed by atoms with E-state index in [0.29, 0.717) is 19.1 Å². The van der Waals surface area contributed by atoms with Crippen molar-refractivity contribution in [1.82, 2.24) is 9.71 Å². The van der Waals surface area contributed by atoms with Gasteiger partial charge < -0.3 is 9.64 Å². The molecule has 8 heteroatoms. The SMILES string of the molecule is CS(=O)(=O)NC1CCN(c2ccccn2)CC1COC1CCC(c2ccc(F)cc2)CC1. The summed E-state index contributed by atoms with van der Waals surface area (Å²) < 4.78 is 46.1. The highest BCUT2D eigenvalue weighted by Gasteiger charge is 2.33. The number of rotatable bonds is 7. The van der Waals surface area contributed by atoms with Crippen LogP contribution < -0.4 is 9.62 Å². The van der Waals surface area contributed by atoms with Gasteiger partial charge >= 0.3 is 0 Å². The van der Waals surface area contributed by atoms with Gasteiger partial charge in [-0.25, -0.2) is 22.5 Å². The number of ether oxygens (including phenoxy) is 1. The molecule has 2 aliphatic rings. The van der Waals surface area contributed by atoms with Crippen LogP contribution in [-0.2, 0) is 14.8 Å². The molecule has 174 valence electrons. The molecule has 2 atom stereocenters. The summed E-state index contributed by atoms with van der Waals surface area (Å²) in [7, 11) is -3.29. The molecular weight excluding hydrogens is 429 g/mol. The van der Waals surface area contributed by atoms with Crippen LogP contribution in [0.2, 0.25) is 0 Å². The van der Waals surface area contributed by atoms with Crippen molar-refractivity contribution in [3.05, 3.63) is 60.0 Å². The van der Waals surface area contributed by atoms with Crippen LogP contribution in [0.25, 0.3) is 0 Å². The first-order chi connectivity index (χ1) is 15.4. The van der Waals surface area contributed by atoms with Gasteiger partial charge in [-0.1, -0.05) is 18.2 Å². The Morgan fingerprint density at radius 2 is 1.84 bits per heavy atom. The van der Waals surface area contributed by atoms with Crippen molar-refractivity contribution in [2.75, 3.05) is 30.9 Å². The normalized spacial score (nSPS) is 26.8. The fourth-order valence-electron chi connectivity index (χ4n) is 4.94. The van der Waals surface area contributed by atoms with E-state index in [-0.39, 0.29) is 23.9 Å². The summed E-state index contributed by atoms with van der Waals surface area (Å²) in [5.74, 6) is 1.21. The van der Waals surface area contributed by atoms with Crippen LogP contribution in [-0.4, -0.2) is 51.5 Å². The van der Waals surface area contributed by atoms with E-state index < -0.39 is 10.0 Å². The molecule has 2 heterocycles. The molecular formula is C24H32FN3O3S. The Morgan fingerprint density at radius 1 is 1.09 bits per heavy atom. The van der Waals surface area contributed by atoms with E-state index in [1.165, 1.54) is 24.0 Å². The van der Waals surface area contributed by atoms with Gasteiger partial charge in [0.1, 0.15) is 11.6 Å². The number of aromatic nitrogens is 1. The van der Waals surface area contributed by atoms with Crippen LogP contribution >= 0.6 is 0 Å². The van der Waals surface area contributed by atoms with Crippen LogP contribution in [0, 0.1) is 11.7 Å². The maximum Gasteiger partial charge on any atom is 0.208 e. The first kappa shape index (κ1) is 23.1. The third-order valence-electron chi connectivity index (χ3n) is 6.63. The number of pyridine rings is 1. The second kappa shape index (κ2) is 10.3. The van der Waals surface area contributed by atoms with Gasteiger partial charge in [0, 0.05) is 31.2 Å². The molecule has 1 aromatic carbocycles. The van der Waals surface area contributed by atoms with Gasteiger partial charge in [0.05, 0.1) is 19.0 Å². The number of nitrogens with zero attached hydrogens (tertiary/aromatic N) is 2. The molecule has 2 fully saturated rings. The zero-order chi connectivity index (χ0) is 22.6. The van der Waals surface area contributed by atoms with E-state index in [0.717, 1.165) is 44.5 Å². The minimum absolute atomic E-state index is 0.0512. The van der Waals surface area contributed by atoms with E-state index in [4.69, 9.17) is 4.74 Å². The summed E-state index contributed by atoms with van der Waals surface area (Å²) in [6.07, 6.45) is 7.85. The number of piperidine rings is 1. The number of hydrogen-bond donors (Lipinski definition) is 1. The van der Waals surface area contributed by atoms with Crippen LogP contribution in [0.4, 0.5) is 10.2 Å². The lowest BCUT2D eigenvalue weighted by atomic mass is 9.82. The number of halogens is 1. The topological polar surface area (TPSA) is 71.5 Å². The van der Waals surface area contributed by atoms with Gasteiger partial charge in [-0.2, -0.15) is 0 Å². The molecule has 4 rings (SSSR count). The number of sulfonamides is 1. The van der Waals surface area contributed by atoms with E-state index in [1.54, 1.807) is 6.20 Å². The second-order valence-corrected chi connectivity index (χ2v) is 10.8. The molecule has 0 amide bonds. The number of anilines is 1. The maximum absolute atomic E-state index is 13.2. The third kappa shape index (κ3) is 6.27. The van der Waals surface area contributed by atoms with E-state index in [1.807, 2.05) is 30.3 Å². The first-order valence-corrected chi connectivity index (χ1v) is 13.3. The average Bonchev–Trinajstić information content (AvgIpc) is 2.79. The summed E-state index contributed by atoms with van der Waals surface area (Å²) in [6.45, 7) is 1.97. The van der Waals surface area contributed by atoms with Crippen LogP contribution in [0.5, 0.6) is 0 Å². The lowest BCUT2D eigenvalue weighted by Gasteiger charge is -2.40. The van der Waals surface area contributed by atoms with Gasteiger partial charge in [-0.05, 0) is 67.9 Å². The van der Waals surface area contributed by atoms with Gasteiger partial charge in [0.15, 0.2) is 0 Å². The van der Waals surface area contributed by atoms with Crippen LogP contribution in [0.1, 0.15) is 43.6 Å². The van der Waals surface area contributed by atoms with Crippen molar-refractivity contribution in [2.24, 2.45) is 5.92 Å². The fourth-order valence-corrected chi connectivity index (χ4v) is 5.80. The third-order valence-corrected chi connectivity index (χ3v) is 7.37. The minimum Gasteiger partial charge on any atom is -0.378 e. The molecule has 6 nitrogen and oxygen atoms in total. The van der Waals surface area contributed by atoms with Gasteiger partial charge in [0.2, 0.25) is 10.0 Å². The number of nitrogens with one attached hydrogen (secondary N) is 1. The molecule has 1 saturated heterocycles. The standard InChI is InChI=1S/C24H32FN3O3S/c1-32(29,30)27-23-13-15-28(24-4-2-3-14-26-24)16-20(23)17-31-22-11-7-19(8-12-22)18-5-9-21(25)10-6-18/h2-6,9-10,14,19-20,22-23,27H,7-8,11-13,15-17H2,1H3. The zero-order valence-corrected chi connectivity index (χ0v) is 19.3. The Labute approximate surface area is 190 Å². The Kier molecular flexibility index (Phi) is 7.43. The van der Waals surface area contributed by atoms with E-state index >= 15 is 0 Å². The van der Waals surface area contributed by atoms with Crippen molar-refractivity contribution >= 4 is 15.8 Å². The molecule has 0 radical (unpaired) electrons. The van der Waals surface area contributed by atoms with Crippen molar-refractivity contribution < 1.29 is 17.5 Å². The Hall–Kier alpha value is -2.03. The Morgan fingerprint density at radius 3 is 2.50 bits per heavy atom. The molecule has 1 aliphatic carbocycles. The molecule has 2 unspecified atom stereocenters. The van der Waals surface area contributed by atoms with Crippen molar-refractivity contribution in [3.8, 4) is 0 Å². The van der Waals surface area contributed by atoms with Crippen molar-refractivity contribution in [1.29, 1.82) is 0 Å². The molecule has 1 N–H and O–H groups in total. The quantitative estimate of drug-likeness (QED) is 0.681. The highest BCUT2D eigenvalue weighted by atomic mass is 32.2. The molecule has 1 saturated carbocycles. The fraction of sp³-hybridized carbons (Fsp3) is 0.542. The van der Waals surface area contributed by atoms with Gasteiger partial charge in [-0.3, -0.25) is 0 Å². The Balaban J connectivity index is 1.34. The number of hydrogen-bond acceptors (Lipinski definition) is 5. The predicted octanol–water partition coefficient (Wildman–Crippen LogP) is 3.71. The van der Waals surface area contributed by atoms with Gasteiger partial charge in [0.25, 0.3) is 0 Å². The molecule has 1 aromatic heterocycles. The first-order valence-electron chi connectivity index (χ1n) is 11.4. The summed E-state index contributed by atoms with van der Waals surface area (Å²) in [4.78, 5) is 6.66. The molecule has 0 spiro atoms. The minimum atomic E-state index is -3.29. The summed E-state index contributed by atoms with van der Waals surface area (Å²) in [6, 6.07) is 12.5. The molecule has 2 aromatic rings. The molecule has 0 bridgehead atoms. The largest absolute Gasteiger partial charge is 0.378 e. The lowest BCUT2D eigenvalue weighted by Crippen LogP contribution is -2.52. The highest BCUT2D eigenvalue weighted by molar-refractivity contribution is 7.88. The number of benzene rings is 1. The van der Waals surface area contributed by atoms with Crippen molar-refractivity contribution in [2.45, 2.75) is 50.2 Å². The Bertz CT molecular complexity index is 964. The van der Waals surface area contributed by atoms with Gasteiger partial charge in [-0.15, -0.1) is 0 Å². The zero-order valence-electron chi connectivity index (χ0n) is 18.5. The smallest absolute Gasteiger partial charge is 0.208 e. The maximum atomic E-state index is 13.2. The molecule has 1 aliphatic heterocycles. The van der Waals surface area contributed by atoms with Crippen molar-refractivity contribution in [3.63, 3.8) is 0 Å². The molecule has 32 heavy (non-hydrogen) atoms. The van der Waals surface area contributed by atoms with Crippen LogP contribution in [0.15, 0.2) is 48.7 Å². The summed E-state index contributed by atoms with van der Waals surface area (Å²) in [5, 5.41) is 0. The van der Waals surface area contributed by atoms with Crippen LogP contribution in [0.3, 0.4) is 0 Å². The predicted molar refractivity (Wildman–Crippen MR) is 124 cm³/mol. The highest BCUT2D eigenvalue weighted by Crippen LogP contribution is 2.34. The van der Waals surface area contributed by atoms with E-state index in [9.17, 15) is 12.8 Å². The lowest BCUT2D eigenvalue weighted by molar-refractivity contribution is -0.00214. The summed E-state index contributed by atoms with van der Waals surface area (Å²) >= 11 is 0. The average molecular weight is 462 g/mol. The second-order valence-electron chi connectivity index (χ2n) is 9.04. The monoisotopic (exact) mass is 461 g/mol. The van der Waals surface area contributed by atoms with E-state index in [2.05, 4.69) is 14.6 Å².